The van der Waals surface area contributed by atoms with E-state index in [0.29, 0.717) is 17.1 Å². The van der Waals surface area contributed by atoms with Crippen molar-refractivity contribution in [2.45, 2.75) is 6.04 Å². The van der Waals surface area contributed by atoms with Crippen molar-refractivity contribution < 1.29 is 9.53 Å². The van der Waals surface area contributed by atoms with Crippen LogP contribution in [0.4, 0.5) is 5.69 Å². The molecule has 1 amide bonds. The van der Waals surface area contributed by atoms with E-state index in [4.69, 9.17) is 4.74 Å². The van der Waals surface area contributed by atoms with Crippen molar-refractivity contribution in [2.75, 3.05) is 25.5 Å². The molecule has 20 heavy (non-hydrogen) atoms. The van der Waals surface area contributed by atoms with E-state index in [0.717, 1.165) is 13.1 Å². The zero-order chi connectivity index (χ0) is 13.9. The van der Waals surface area contributed by atoms with Gasteiger partial charge in [0.05, 0.1) is 25.0 Å². The molecule has 0 radical (unpaired) electrons. The van der Waals surface area contributed by atoms with Crippen molar-refractivity contribution in [3.05, 3.63) is 36.2 Å². The quantitative estimate of drug-likeness (QED) is 0.856. The standard InChI is InChI=1S/C13H15N5O2/c1-20-12-5-3-2-4-10(12)15-13(19)11-8-18(17-16-11)9-6-14-7-9/h2-5,8-9,14H,6-7H2,1H3,(H,15,19). The van der Waals surface area contributed by atoms with Crippen LogP contribution < -0.4 is 15.4 Å². The summed E-state index contributed by atoms with van der Waals surface area (Å²) in [5.74, 6) is 0.310. The first-order chi connectivity index (χ1) is 9.78. The van der Waals surface area contributed by atoms with E-state index in [9.17, 15) is 4.79 Å². The van der Waals surface area contributed by atoms with Gasteiger partial charge in [-0.05, 0) is 12.1 Å². The number of carbonyl (C=O) groups excluding carboxylic acids is 1. The van der Waals surface area contributed by atoms with Crippen LogP contribution in [0, 0.1) is 0 Å². The van der Waals surface area contributed by atoms with Crippen molar-refractivity contribution in [3.8, 4) is 5.75 Å². The number of amides is 1. The molecule has 2 aromatic rings. The Hall–Kier alpha value is -2.41. The van der Waals surface area contributed by atoms with Gasteiger partial charge in [0.1, 0.15) is 5.75 Å². The number of nitrogens with zero attached hydrogens (tertiary/aromatic N) is 3. The summed E-state index contributed by atoms with van der Waals surface area (Å²) in [6.07, 6.45) is 1.66. The molecule has 1 aromatic heterocycles. The smallest absolute Gasteiger partial charge is 0.277 e. The Morgan fingerprint density at radius 1 is 1.45 bits per heavy atom. The molecule has 1 aliphatic rings. The van der Waals surface area contributed by atoms with E-state index in [-0.39, 0.29) is 11.9 Å². The highest BCUT2D eigenvalue weighted by atomic mass is 16.5. The molecule has 7 heteroatoms. The number of ether oxygens (including phenoxy) is 1. The number of methoxy groups -OCH3 is 1. The molecule has 0 saturated carbocycles. The van der Waals surface area contributed by atoms with Gasteiger partial charge in [-0.2, -0.15) is 0 Å². The molecule has 0 atom stereocenters. The lowest BCUT2D eigenvalue weighted by Gasteiger charge is -2.26. The fraction of sp³-hybridized carbons (Fsp3) is 0.308. The minimum absolute atomic E-state index is 0.287. The Kier molecular flexibility index (Phi) is 3.34. The van der Waals surface area contributed by atoms with Crippen LogP contribution in [0.3, 0.4) is 0 Å². The van der Waals surface area contributed by atoms with Crippen molar-refractivity contribution in [3.63, 3.8) is 0 Å². The van der Waals surface area contributed by atoms with Gasteiger partial charge in [-0.15, -0.1) is 5.10 Å². The highest BCUT2D eigenvalue weighted by molar-refractivity contribution is 6.03. The first kappa shape index (κ1) is 12.6. The van der Waals surface area contributed by atoms with Crippen molar-refractivity contribution in [1.29, 1.82) is 0 Å². The van der Waals surface area contributed by atoms with Crippen LogP contribution in [0.1, 0.15) is 16.5 Å². The molecule has 2 N–H and O–H groups in total. The maximum Gasteiger partial charge on any atom is 0.277 e. The minimum atomic E-state index is -0.298. The number of hydrogen-bond donors (Lipinski definition) is 2. The topological polar surface area (TPSA) is 81.1 Å². The number of carbonyl (C=O) groups is 1. The fourth-order valence-electron chi connectivity index (χ4n) is 1.95. The van der Waals surface area contributed by atoms with Gasteiger partial charge in [-0.3, -0.25) is 4.79 Å². The maximum atomic E-state index is 12.1. The number of nitrogens with one attached hydrogen (secondary N) is 2. The molecular formula is C13H15N5O2. The maximum absolute atomic E-state index is 12.1. The number of anilines is 1. The molecule has 2 heterocycles. The predicted octanol–water partition coefficient (Wildman–Crippen LogP) is 0.683. The SMILES string of the molecule is COc1ccccc1NC(=O)c1cn(C2CNC2)nn1. The van der Waals surface area contributed by atoms with E-state index in [1.54, 1.807) is 30.1 Å². The van der Waals surface area contributed by atoms with Crippen molar-refractivity contribution in [2.24, 2.45) is 0 Å². The second-order valence-electron chi connectivity index (χ2n) is 4.55. The van der Waals surface area contributed by atoms with E-state index < -0.39 is 0 Å². The Labute approximate surface area is 115 Å². The van der Waals surface area contributed by atoms with Crippen LogP contribution >= 0.6 is 0 Å². The first-order valence-corrected chi connectivity index (χ1v) is 6.35. The summed E-state index contributed by atoms with van der Waals surface area (Å²) < 4.78 is 6.90. The predicted molar refractivity (Wildman–Crippen MR) is 72.9 cm³/mol. The molecule has 7 nitrogen and oxygen atoms in total. The zero-order valence-electron chi connectivity index (χ0n) is 11.0. The van der Waals surface area contributed by atoms with Crippen LogP contribution in [-0.2, 0) is 0 Å². The van der Waals surface area contributed by atoms with Gasteiger partial charge in [-0.25, -0.2) is 4.68 Å². The molecule has 0 unspecified atom stereocenters. The van der Waals surface area contributed by atoms with Gasteiger partial charge in [0.2, 0.25) is 0 Å². The highest BCUT2D eigenvalue weighted by Gasteiger charge is 2.21. The van der Waals surface area contributed by atoms with Gasteiger partial charge < -0.3 is 15.4 Å². The summed E-state index contributed by atoms with van der Waals surface area (Å²) in [6, 6.07) is 7.52. The monoisotopic (exact) mass is 273 g/mol. The molecule has 1 fully saturated rings. The summed E-state index contributed by atoms with van der Waals surface area (Å²) >= 11 is 0. The van der Waals surface area contributed by atoms with Crippen molar-refractivity contribution >= 4 is 11.6 Å². The zero-order valence-corrected chi connectivity index (χ0v) is 11.0. The summed E-state index contributed by atoms with van der Waals surface area (Å²) in [4.78, 5) is 12.1. The van der Waals surface area contributed by atoms with E-state index >= 15 is 0 Å². The van der Waals surface area contributed by atoms with Crippen LogP contribution in [0.2, 0.25) is 0 Å². The fourth-order valence-corrected chi connectivity index (χ4v) is 1.95. The number of aromatic nitrogens is 3. The van der Waals surface area contributed by atoms with Gasteiger partial charge in [0, 0.05) is 13.1 Å². The van der Waals surface area contributed by atoms with Gasteiger partial charge >= 0.3 is 0 Å². The molecule has 1 saturated heterocycles. The van der Waals surface area contributed by atoms with Gasteiger partial charge in [0.15, 0.2) is 5.69 Å². The lowest BCUT2D eigenvalue weighted by atomic mass is 10.2. The summed E-state index contributed by atoms with van der Waals surface area (Å²) in [5, 5.41) is 13.8. The molecule has 0 bridgehead atoms. The molecular weight excluding hydrogens is 258 g/mol. The average Bonchev–Trinajstić information content (AvgIpc) is 2.87. The molecule has 104 valence electrons. The Morgan fingerprint density at radius 3 is 2.95 bits per heavy atom. The normalized spacial score (nSPS) is 14.7. The summed E-state index contributed by atoms with van der Waals surface area (Å²) in [5.41, 5.74) is 0.905. The summed E-state index contributed by atoms with van der Waals surface area (Å²) in [7, 11) is 1.56. The van der Waals surface area contributed by atoms with Crippen molar-refractivity contribution in [1.82, 2.24) is 20.3 Å². The minimum Gasteiger partial charge on any atom is -0.495 e. The number of para-hydroxylation sites is 2. The number of benzene rings is 1. The molecule has 0 spiro atoms. The Balaban J connectivity index is 1.73. The largest absolute Gasteiger partial charge is 0.495 e. The Morgan fingerprint density at radius 2 is 2.25 bits per heavy atom. The van der Waals surface area contributed by atoms with Gasteiger partial charge in [-0.1, -0.05) is 17.3 Å². The first-order valence-electron chi connectivity index (χ1n) is 6.35. The van der Waals surface area contributed by atoms with Crippen LogP contribution in [-0.4, -0.2) is 41.1 Å². The number of rotatable bonds is 4. The molecule has 1 aliphatic heterocycles. The lowest BCUT2D eigenvalue weighted by Crippen LogP contribution is -2.43. The number of hydrogen-bond acceptors (Lipinski definition) is 5. The Bertz CT molecular complexity index is 621. The lowest BCUT2D eigenvalue weighted by molar-refractivity contribution is 0.102. The third-order valence-electron chi connectivity index (χ3n) is 3.23. The van der Waals surface area contributed by atoms with E-state index in [2.05, 4.69) is 20.9 Å². The summed E-state index contributed by atoms with van der Waals surface area (Å²) in [6.45, 7) is 1.72. The third kappa shape index (κ3) is 2.35. The van der Waals surface area contributed by atoms with Crippen LogP contribution in [0.25, 0.3) is 0 Å². The second kappa shape index (κ2) is 5.30. The average molecular weight is 273 g/mol. The van der Waals surface area contributed by atoms with Gasteiger partial charge in [0.25, 0.3) is 5.91 Å². The van der Waals surface area contributed by atoms with E-state index in [1.807, 2.05) is 12.1 Å². The van der Waals surface area contributed by atoms with Crippen LogP contribution in [0.15, 0.2) is 30.5 Å². The second-order valence-corrected chi connectivity index (χ2v) is 4.55. The molecule has 3 rings (SSSR count). The molecule has 1 aromatic carbocycles. The third-order valence-corrected chi connectivity index (χ3v) is 3.23. The van der Waals surface area contributed by atoms with Crippen LogP contribution in [0.5, 0.6) is 5.75 Å². The van der Waals surface area contributed by atoms with E-state index in [1.165, 1.54) is 0 Å². The highest BCUT2D eigenvalue weighted by Crippen LogP contribution is 2.23. The molecule has 0 aliphatic carbocycles.